The van der Waals surface area contributed by atoms with Crippen molar-refractivity contribution in [2.24, 2.45) is 0 Å². The second-order valence-corrected chi connectivity index (χ2v) is 4.77. The zero-order valence-corrected chi connectivity index (χ0v) is 12.6. The Morgan fingerprint density at radius 1 is 0.478 bits per heavy atom. The van der Waals surface area contributed by atoms with Crippen molar-refractivity contribution < 1.29 is 0 Å². The molecule has 0 aliphatic heterocycles. The van der Waals surface area contributed by atoms with Crippen LogP contribution < -0.4 is 0 Å². The van der Waals surface area contributed by atoms with Gasteiger partial charge in [-0.3, -0.25) is 0 Å². The van der Waals surface area contributed by atoms with E-state index < -0.39 is 0 Å². The van der Waals surface area contributed by atoms with Gasteiger partial charge in [0.2, 0.25) is 0 Å². The van der Waals surface area contributed by atoms with Gasteiger partial charge in [-0.05, 0) is 16.7 Å². The van der Waals surface area contributed by atoms with Crippen LogP contribution in [0.2, 0.25) is 0 Å². The van der Waals surface area contributed by atoms with Crippen molar-refractivity contribution in [1.82, 2.24) is 0 Å². The zero-order chi connectivity index (χ0) is 15.5. The van der Waals surface area contributed by atoms with Crippen molar-refractivity contribution in [2.75, 3.05) is 0 Å². The predicted molar refractivity (Wildman–Crippen MR) is 105 cm³/mol. The van der Waals surface area contributed by atoms with Gasteiger partial charge in [-0.15, -0.1) is 0 Å². The molecule has 0 aliphatic carbocycles. The number of hydrogen-bond acceptors (Lipinski definition) is 0. The van der Waals surface area contributed by atoms with Gasteiger partial charge in [0, 0.05) is 0 Å². The van der Waals surface area contributed by atoms with Crippen LogP contribution in [-0.2, 0) is 0 Å². The Morgan fingerprint density at radius 3 is 1.04 bits per heavy atom. The van der Waals surface area contributed by atoms with Crippen molar-refractivity contribution in [3.05, 3.63) is 114 Å². The Hall–Kier alpha value is -2.26. The fourth-order valence-corrected chi connectivity index (χ4v) is 1.91. The quantitative estimate of drug-likeness (QED) is 0.439. The summed E-state index contributed by atoms with van der Waals surface area (Å²) in [7, 11) is 0. The number of benzene rings is 3. The Morgan fingerprint density at radius 2 is 0.783 bits per heavy atom. The van der Waals surface area contributed by atoms with Crippen LogP contribution in [0.15, 0.2) is 97.6 Å². The van der Waals surface area contributed by atoms with Gasteiger partial charge in [-0.25, -0.2) is 0 Å². The van der Waals surface area contributed by atoms with Crippen molar-refractivity contribution in [1.29, 1.82) is 0 Å². The standard InChI is InChI=1S/C14H12.C8H8.Li.H/c1-3-7-13(8-4-1)11-12-14-9-5-2-6-10-14;1-2-8-6-4-3-5-7-8;;/h1-12H;2-7H,1H2;;. The number of hydrogen-bond donors (Lipinski definition) is 0. The molecule has 0 fully saturated rings. The van der Waals surface area contributed by atoms with Crippen LogP contribution in [0, 0.1) is 0 Å². The van der Waals surface area contributed by atoms with Gasteiger partial charge in [0.05, 0.1) is 0 Å². The molecular formula is C22H21Li. The van der Waals surface area contributed by atoms with E-state index in [1.807, 2.05) is 72.8 Å². The molecule has 0 N–H and O–H groups in total. The summed E-state index contributed by atoms with van der Waals surface area (Å²) in [6.45, 7) is 3.63. The minimum atomic E-state index is 0. The average molecular weight is 292 g/mol. The minimum absolute atomic E-state index is 0. The second-order valence-electron chi connectivity index (χ2n) is 4.77. The summed E-state index contributed by atoms with van der Waals surface area (Å²) < 4.78 is 0. The summed E-state index contributed by atoms with van der Waals surface area (Å²) in [5.41, 5.74) is 3.64. The van der Waals surface area contributed by atoms with Crippen LogP contribution in [0.1, 0.15) is 16.7 Å². The van der Waals surface area contributed by atoms with Gasteiger partial charge in [-0.1, -0.05) is 116 Å². The molecule has 110 valence electrons. The molecule has 0 atom stereocenters. The molecule has 0 aromatic heterocycles. The van der Waals surface area contributed by atoms with E-state index in [0.29, 0.717) is 0 Å². The summed E-state index contributed by atoms with van der Waals surface area (Å²) in [5.74, 6) is 0. The van der Waals surface area contributed by atoms with E-state index in [4.69, 9.17) is 0 Å². The zero-order valence-electron chi connectivity index (χ0n) is 12.6. The van der Waals surface area contributed by atoms with Crippen LogP contribution >= 0.6 is 0 Å². The van der Waals surface area contributed by atoms with Gasteiger partial charge in [0.25, 0.3) is 0 Å². The Bertz CT molecular complexity index is 644. The first kappa shape index (κ1) is 18.8. The van der Waals surface area contributed by atoms with Crippen LogP contribution in [0.3, 0.4) is 0 Å². The third-order valence-corrected chi connectivity index (χ3v) is 3.10. The van der Waals surface area contributed by atoms with E-state index in [-0.39, 0.29) is 18.9 Å². The van der Waals surface area contributed by atoms with Gasteiger partial charge >= 0.3 is 18.9 Å². The molecule has 0 heterocycles. The average Bonchev–Trinajstić information content (AvgIpc) is 2.63. The monoisotopic (exact) mass is 292 g/mol. The first-order valence-electron chi connectivity index (χ1n) is 7.34. The molecule has 0 saturated heterocycles. The summed E-state index contributed by atoms with van der Waals surface area (Å²) in [6.07, 6.45) is 6.07. The maximum absolute atomic E-state index is 3.63. The first-order valence-corrected chi connectivity index (χ1v) is 7.34. The van der Waals surface area contributed by atoms with Crippen molar-refractivity contribution >= 4 is 37.1 Å². The van der Waals surface area contributed by atoms with Crippen LogP contribution in [0.25, 0.3) is 18.2 Å². The number of rotatable bonds is 3. The molecule has 3 aromatic carbocycles. The van der Waals surface area contributed by atoms with Crippen LogP contribution in [0.4, 0.5) is 0 Å². The molecule has 0 radical (unpaired) electrons. The molecule has 0 spiro atoms. The molecule has 0 unspecified atom stereocenters. The Kier molecular flexibility index (Phi) is 9.25. The van der Waals surface area contributed by atoms with E-state index in [1.165, 1.54) is 16.7 Å². The first-order chi connectivity index (χ1) is 10.9. The normalized spacial score (nSPS) is 9.39. The van der Waals surface area contributed by atoms with Crippen molar-refractivity contribution in [3.8, 4) is 0 Å². The predicted octanol–water partition coefficient (Wildman–Crippen LogP) is 5.54. The molecule has 0 amide bonds. The summed E-state index contributed by atoms with van der Waals surface area (Å²) in [4.78, 5) is 0. The molecule has 1 heteroatoms. The van der Waals surface area contributed by atoms with E-state index in [2.05, 4.69) is 43.0 Å². The molecule has 0 aliphatic rings. The van der Waals surface area contributed by atoms with Crippen molar-refractivity contribution in [3.63, 3.8) is 0 Å². The van der Waals surface area contributed by atoms with Crippen LogP contribution in [0.5, 0.6) is 0 Å². The third-order valence-electron chi connectivity index (χ3n) is 3.10. The fraction of sp³-hybridized carbons (Fsp3) is 0. The second kappa shape index (κ2) is 11.3. The van der Waals surface area contributed by atoms with Crippen molar-refractivity contribution in [2.45, 2.75) is 0 Å². The van der Waals surface area contributed by atoms with E-state index in [9.17, 15) is 0 Å². The molecule has 3 aromatic rings. The molecule has 23 heavy (non-hydrogen) atoms. The molecule has 3 rings (SSSR count). The SMILES string of the molecule is C(=Cc1ccccc1)c1ccccc1.C=Cc1ccccc1.[LiH]. The van der Waals surface area contributed by atoms with Gasteiger partial charge in [-0.2, -0.15) is 0 Å². The summed E-state index contributed by atoms with van der Waals surface area (Å²) in [5, 5.41) is 0. The topological polar surface area (TPSA) is 0 Å². The summed E-state index contributed by atoms with van der Waals surface area (Å²) in [6, 6.07) is 30.7. The van der Waals surface area contributed by atoms with Crippen LogP contribution in [-0.4, -0.2) is 18.9 Å². The summed E-state index contributed by atoms with van der Waals surface area (Å²) >= 11 is 0. The maximum atomic E-state index is 3.63. The van der Waals surface area contributed by atoms with Gasteiger partial charge in [0.15, 0.2) is 0 Å². The fourth-order valence-electron chi connectivity index (χ4n) is 1.91. The van der Waals surface area contributed by atoms with E-state index in [0.717, 1.165) is 0 Å². The molecular weight excluding hydrogens is 271 g/mol. The van der Waals surface area contributed by atoms with E-state index in [1.54, 1.807) is 0 Å². The van der Waals surface area contributed by atoms with E-state index >= 15 is 0 Å². The Labute approximate surface area is 151 Å². The molecule has 0 bridgehead atoms. The molecule has 0 saturated carbocycles. The Balaban J connectivity index is 0.000000253. The molecule has 0 nitrogen and oxygen atoms in total. The third kappa shape index (κ3) is 7.52. The van der Waals surface area contributed by atoms with Gasteiger partial charge < -0.3 is 0 Å². The van der Waals surface area contributed by atoms with Gasteiger partial charge in [0.1, 0.15) is 0 Å².